The molecule has 2 amide bonds. The van der Waals surface area contributed by atoms with Gasteiger partial charge in [0.05, 0.1) is 6.10 Å². The summed E-state index contributed by atoms with van der Waals surface area (Å²) >= 11 is 0. The highest BCUT2D eigenvalue weighted by Crippen LogP contribution is 2.32. The van der Waals surface area contributed by atoms with Gasteiger partial charge >= 0.3 is 6.03 Å². The number of nitrogens with one attached hydrogen (secondary N) is 1. The van der Waals surface area contributed by atoms with Crippen LogP contribution in [0.4, 0.5) is 4.79 Å². The third kappa shape index (κ3) is 4.07. The summed E-state index contributed by atoms with van der Waals surface area (Å²) in [5, 5.41) is 16.9. The Balaban J connectivity index is 1.53. The number of amides is 2. The van der Waals surface area contributed by atoms with Crippen LogP contribution in [0.15, 0.2) is 36.8 Å². The van der Waals surface area contributed by atoms with E-state index in [1.165, 1.54) is 4.90 Å². The predicted octanol–water partition coefficient (Wildman–Crippen LogP) is 1.18. The molecule has 0 spiro atoms. The smallest absolute Gasteiger partial charge is 0.317 e. The molecule has 23 heavy (non-hydrogen) atoms. The summed E-state index contributed by atoms with van der Waals surface area (Å²) in [5.41, 5.74) is 0.940. The average molecular weight is 315 g/mol. The van der Waals surface area contributed by atoms with Gasteiger partial charge in [-0.05, 0) is 42.5 Å². The Morgan fingerprint density at radius 2 is 2.35 bits per heavy atom. The molecule has 0 bridgehead atoms. The van der Waals surface area contributed by atoms with E-state index in [2.05, 4.69) is 15.4 Å². The van der Waals surface area contributed by atoms with E-state index in [0.29, 0.717) is 24.8 Å². The van der Waals surface area contributed by atoms with Crippen LogP contribution in [0.25, 0.3) is 5.82 Å². The van der Waals surface area contributed by atoms with Gasteiger partial charge in [0.15, 0.2) is 5.82 Å². The van der Waals surface area contributed by atoms with Crippen LogP contribution >= 0.6 is 0 Å². The SMILES string of the molecule is CN(CC(O)C1CC1)C(=O)NCc1ccnc(-n2cccn2)c1. The van der Waals surface area contributed by atoms with E-state index in [4.69, 9.17) is 0 Å². The van der Waals surface area contributed by atoms with Gasteiger partial charge in [-0.25, -0.2) is 14.5 Å². The molecular formula is C16H21N5O2. The van der Waals surface area contributed by atoms with Crippen molar-refractivity contribution in [3.63, 3.8) is 0 Å². The summed E-state index contributed by atoms with van der Waals surface area (Å²) in [5.74, 6) is 1.07. The van der Waals surface area contributed by atoms with Crippen LogP contribution in [-0.4, -0.2) is 50.5 Å². The van der Waals surface area contributed by atoms with Crippen LogP contribution in [0.3, 0.4) is 0 Å². The van der Waals surface area contributed by atoms with Crippen LogP contribution in [0.5, 0.6) is 0 Å². The zero-order chi connectivity index (χ0) is 16.2. The molecule has 2 aromatic rings. The second-order valence-electron chi connectivity index (χ2n) is 5.92. The van der Waals surface area contributed by atoms with Gasteiger partial charge < -0.3 is 15.3 Å². The van der Waals surface area contributed by atoms with Crippen molar-refractivity contribution in [1.29, 1.82) is 0 Å². The molecule has 7 heteroatoms. The van der Waals surface area contributed by atoms with Gasteiger partial charge in [-0.2, -0.15) is 5.10 Å². The number of urea groups is 1. The Hall–Kier alpha value is -2.41. The maximum Gasteiger partial charge on any atom is 0.317 e. The summed E-state index contributed by atoms with van der Waals surface area (Å²) in [6.45, 7) is 0.769. The van der Waals surface area contributed by atoms with Crippen LogP contribution in [-0.2, 0) is 6.54 Å². The molecule has 1 fully saturated rings. The number of nitrogens with zero attached hydrogens (tertiary/aromatic N) is 4. The molecule has 1 unspecified atom stereocenters. The average Bonchev–Trinajstić information content (AvgIpc) is 3.27. The summed E-state index contributed by atoms with van der Waals surface area (Å²) in [4.78, 5) is 17.9. The lowest BCUT2D eigenvalue weighted by molar-refractivity contribution is 0.113. The first kappa shape index (κ1) is 15.5. The molecule has 0 radical (unpaired) electrons. The van der Waals surface area contributed by atoms with Crippen LogP contribution < -0.4 is 5.32 Å². The number of likely N-dealkylation sites (N-methyl/N-ethyl adjacent to an activating group) is 1. The van der Waals surface area contributed by atoms with Gasteiger partial charge in [0.2, 0.25) is 0 Å². The van der Waals surface area contributed by atoms with Crippen molar-refractivity contribution in [2.24, 2.45) is 5.92 Å². The summed E-state index contributed by atoms with van der Waals surface area (Å²) in [6.07, 6.45) is 6.90. The molecule has 7 nitrogen and oxygen atoms in total. The highest BCUT2D eigenvalue weighted by Gasteiger charge is 2.31. The van der Waals surface area contributed by atoms with Crippen molar-refractivity contribution in [2.75, 3.05) is 13.6 Å². The Kier molecular flexibility index (Phi) is 4.57. The van der Waals surface area contributed by atoms with Crippen molar-refractivity contribution in [3.05, 3.63) is 42.4 Å². The standard InChI is InChI=1S/C16H21N5O2/c1-20(11-14(22)13-3-4-13)16(23)18-10-12-5-7-17-15(9-12)21-8-2-6-19-21/h2,5-9,13-14,22H,3-4,10-11H2,1H3,(H,18,23). The second kappa shape index (κ2) is 6.78. The van der Waals surface area contributed by atoms with E-state index >= 15 is 0 Å². The summed E-state index contributed by atoms with van der Waals surface area (Å²) in [6, 6.07) is 5.37. The van der Waals surface area contributed by atoms with Crippen molar-refractivity contribution in [1.82, 2.24) is 25.0 Å². The molecule has 1 aliphatic rings. The van der Waals surface area contributed by atoms with E-state index in [1.54, 1.807) is 24.1 Å². The highest BCUT2D eigenvalue weighted by atomic mass is 16.3. The largest absolute Gasteiger partial charge is 0.391 e. The molecule has 1 atom stereocenters. The normalized spacial score (nSPS) is 15.2. The first-order chi connectivity index (χ1) is 11.1. The molecule has 3 rings (SSSR count). The lowest BCUT2D eigenvalue weighted by atomic mass is 10.2. The van der Waals surface area contributed by atoms with Crippen LogP contribution in [0.1, 0.15) is 18.4 Å². The molecule has 2 aromatic heterocycles. The highest BCUT2D eigenvalue weighted by molar-refractivity contribution is 5.73. The minimum atomic E-state index is -0.418. The third-order valence-electron chi connectivity index (χ3n) is 3.97. The molecule has 0 aromatic carbocycles. The minimum absolute atomic E-state index is 0.192. The maximum atomic E-state index is 12.1. The number of aliphatic hydroxyl groups excluding tert-OH is 1. The molecule has 1 saturated carbocycles. The molecule has 0 aliphatic heterocycles. The number of carbonyl (C=O) groups is 1. The Morgan fingerprint density at radius 1 is 1.52 bits per heavy atom. The van der Waals surface area contributed by atoms with E-state index in [1.807, 2.05) is 24.4 Å². The maximum absolute atomic E-state index is 12.1. The number of hydrogen-bond acceptors (Lipinski definition) is 4. The number of aliphatic hydroxyl groups is 1. The first-order valence-corrected chi connectivity index (χ1v) is 7.75. The monoisotopic (exact) mass is 315 g/mol. The molecule has 2 N–H and O–H groups in total. The Morgan fingerprint density at radius 3 is 3.04 bits per heavy atom. The van der Waals surface area contributed by atoms with E-state index < -0.39 is 6.10 Å². The zero-order valence-corrected chi connectivity index (χ0v) is 13.1. The number of carbonyl (C=O) groups excluding carboxylic acids is 1. The number of rotatable bonds is 6. The molecule has 122 valence electrons. The Labute approximate surface area is 134 Å². The lowest BCUT2D eigenvalue weighted by Crippen LogP contribution is -2.41. The van der Waals surface area contributed by atoms with Crippen molar-refractivity contribution < 1.29 is 9.90 Å². The second-order valence-corrected chi connectivity index (χ2v) is 5.92. The number of aromatic nitrogens is 3. The molecule has 0 saturated heterocycles. The molecular weight excluding hydrogens is 294 g/mol. The third-order valence-corrected chi connectivity index (χ3v) is 3.97. The number of pyridine rings is 1. The lowest BCUT2D eigenvalue weighted by Gasteiger charge is -2.21. The summed E-state index contributed by atoms with van der Waals surface area (Å²) < 4.78 is 1.67. The van der Waals surface area contributed by atoms with Gasteiger partial charge in [-0.1, -0.05) is 0 Å². The fraction of sp³-hybridized carbons (Fsp3) is 0.438. The van der Waals surface area contributed by atoms with E-state index in [-0.39, 0.29) is 6.03 Å². The van der Waals surface area contributed by atoms with Crippen molar-refractivity contribution in [3.8, 4) is 5.82 Å². The van der Waals surface area contributed by atoms with Gasteiger partial charge in [-0.3, -0.25) is 0 Å². The van der Waals surface area contributed by atoms with E-state index in [9.17, 15) is 9.90 Å². The van der Waals surface area contributed by atoms with Crippen LogP contribution in [0, 0.1) is 5.92 Å². The topological polar surface area (TPSA) is 83.3 Å². The van der Waals surface area contributed by atoms with Crippen molar-refractivity contribution >= 4 is 6.03 Å². The van der Waals surface area contributed by atoms with Gasteiger partial charge in [0.25, 0.3) is 0 Å². The van der Waals surface area contributed by atoms with Gasteiger partial charge in [-0.15, -0.1) is 0 Å². The summed E-state index contributed by atoms with van der Waals surface area (Å²) in [7, 11) is 1.70. The number of hydrogen-bond donors (Lipinski definition) is 2. The fourth-order valence-electron chi connectivity index (χ4n) is 2.41. The Bertz CT molecular complexity index is 654. The quantitative estimate of drug-likeness (QED) is 0.838. The van der Waals surface area contributed by atoms with E-state index in [0.717, 1.165) is 18.4 Å². The zero-order valence-electron chi connectivity index (χ0n) is 13.1. The van der Waals surface area contributed by atoms with Gasteiger partial charge in [0.1, 0.15) is 0 Å². The van der Waals surface area contributed by atoms with Crippen LogP contribution in [0.2, 0.25) is 0 Å². The minimum Gasteiger partial charge on any atom is -0.391 e. The predicted molar refractivity (Wildman–Crippen MR) is 85.0 cm³/mol. The fourth-order valence-corrected chi connectivity index (χ4v) is 2.41. The molecule has 2 heterocycles. The van der Waals surface area contributed by atoms with Gasteiger partial charge in [0, 0.05) is 38.7 Å². The molecule has 1 aliphatic carbocycles. The van der Waals surface area contributed by atoms with Crippen molar-refractivity contribution in [2.45, 2.75) is 25.5 Å². The first-order valence-electron chi connectivity index (χ1n) is 7.75.